The topological polar surface area (TPSA) is 140 Å². The van der Waals surface area contributed by atoms with E-state index in [1.165, 1.54) is 13.3 Å². The van der Waals surface area contributed by atoms with Crippen molar-refractivity contribution in [3.63, 3.8) is 0 Å². The molecule has 238 valence electrons. The number of methoxy groups -OCH3 is 1. The second-order valence-electron chi connectivity index (χ2n) is 9.60. The van der Waals surface area contributed by atoms with E-state index in [9.17, 15) is 14.7 Å². The van der Waals surface area contributed by atoms with Gasteiger partial charge >= 0.3 is 12.0 Å². The molecule has 0 radical (unpaired) electrons. The third-order valence-corrected chi connectivity index (χ3v) is 7.64. The van der Waals surface area contributed by atoms with Crippen LogP contribution in [-0.4, -0.2) is 49.9 Å². The highest BCUT2D eigenvalue weighted by Gasteiger charge is 2.32. The summed E-state index contributed by atoms with van der Waals surface area (Å²) in [5.41, 5.74) is 5.19. The molecule has 0 saturated carbocycles. The van der Waals surface area contributed by atoms with Crippen LogP contribution in [0.5, 0.6) is 17.2 Å². The van der Waals surface area contributed by atoms with Crippen LogP contribution < -0.4 is 30.3 Å². The van der Waals surface area contributed by atoms with Gasteiger partial charge in [0.1, 0.15) is 19.0 Å². The van der Waals surface area contributed by atoms with Crippen molar-refractivity contribution in [2.24, 2.45) is 5.10 Å². The quantitative estimate of drug-likeness (QED) is 0.0746. The molecule has 0 bridgehead atoms. The molecule has 1 heterocycles. The van der Waals surface area contributed by atoms with Crippen molar-refractivity contribution in [1.29, 1.82) is 0 Å². The zero-order valence-electron chi connectivity index (χ0n) is 24.5. The molecule has 2 amide bonds. The molecule has 2 atom stereocenters. The van der Waals surface area contributed by atoms with E-state index in [0.29, 0.717) is 55.2 Å². The number of hydrazone groups is 1. The van der Waals surface area contributed by atoms with E-state index >= 15 is 0 Å². The third kappa shape index (κ3) is 8.82. The molecule has 45 heavy (non-hydrogen) atoms. The Labute approximate surface area is 278 Å². The highest BCUT2D eigenvalue weighted by atomic mass is 79.9. The largest absolute Gasteiger partial charge is 0.490 e. The third-order valence-electron chi connectivity index (χ3n) is 6.47. The number of nitrogens with zero attached hydrogens (tertiary/aromatic N) is 1. The first kappa shape index (κ1) is 33.9. The van der Waals surface area contributed by atoms with Crippen LogP contribution in [0.25, 0.3) is 0 Å². The normalized spacial score (nSPS) is 15.3. The summed E-state index contributed by atoms with van der Waals surface area (Å²) in [5, 5.41) is 21.0. The first-order valence-corrected chi connectivity index (χ1v) is 15.2. The van der Waals surface area contributed by atoms with Gasteiger partial charge in [-0.05, 0) is 65.7 Å². The minimum atomic E-state index is -1.20. The lowest BCUT2D eigenvalue weighted by molar-refractivity contribution is -0.136. The van der Waals surface area contributed by atoms with Gasteiger partial charge in [-0.1, -0.05) is 47.5 Å². The number of allylic oxidation sites excluding steroid dienone is 1. The summed E-state index contributed by atoms with van der Waals surface area (Å²) in [5.74, 6) is 0.592. The van der Waals surface area contributed by atoms with Gasteiger partial charge in [0.05, 0.1) is 36.0 Å². The van der Waals surface area contributed by atoms with Crippen molar-refractivity contribution in [1.82, 2.24) is 16.1 Å². The van der Waals surface area contributed by atoms with Gasteiger partial charge in [-0.2, -0.15) is 5.10 Å². The molecular formula is C31H31BrCl2N4O7. The summed E-state index contributed by atoms with van der Waals surface area (Å²) in [6, 6.07) is 14.5. The summed E-state index contributed by atoms with van der Waals surface area (Å²) in [6.45, 7) is 3.77. The molecule has 0 spiro atoms. The summed E-state index contributed by atoms with van der Waals surface area (Å²) in [4.78, 5) is 24.6. The molecule has 0 aliphatic carbocycles. The number of esters is 1. The highest BCUT2D eigenvalue weighted by Crippen LogP contribution is 2.35. The number of carbonyl (C=O) groups is 2. The monoisotopic (exact) mass is 720 g/mol. The number of rotatable bonds is 13. The van der Waals surface area contributed by atoms with Crippen LogP contribution in [0.1, 0.15) is 36.6 Å². The molecule has 0 fully saturated rings. The summed E-state index contributed by atoms with van der Waals surface area (Å²) in [6.07, 6.45) is 0.259. The van der Waals surface area contributed by atoms with Crippen LogP contribution in [0.2, 0.25) is 10.0 Å². The molecule has 0 unspecified atom stereocenters. The standard InChI is InChI=1S/C31H31BrCl2N4O7/c1-4-43-25-12-18(28-27(30(40)42-3)17(2)36-31(41)37-28)9-10-24(25)44-16-26(39)38-35-14-20-11-21(33)13-22(32)29(20)45-15-19-7-5-6-8-23(19)34/h5-14,26,28,38-39H,4,15-16H2,1-3H3,(H2,36,37,41)/b35-14+/t26-,28-/m0/s1. The number of nitrogens with one attached hydrogen (secondary N) is 3. The number of amides is 2. The zero-order valence-corrected chi connectivity index (χ0v) is 27.6. The van der Waals surface area contributed by atoms with E-state index in [0.717, 1.165) is 5.56 Å². The van der Waals surface area contributed by atoms with Crippen LogP contribution >= 0.6 is 39.1 Å². The maximum absolute atomic E-state index is 12.5. The number of ether oxygens (including phenoxy) is 4. The maximum atomic E-state index is 12.5. The molecule has 1 aliphatic heterocycles. The molecule has 14 heteroatoms. The number of aliphatic hydroxyl groups is 1. The van der Waals surface area contributed by atoms with Crippen molar-refractivity contribution in [2.75, 3.05) is 20.3 Å². The van der Waals surface area contributed by atoms with Crippen LogP contribution in [0.15, 0.2) is 75.4 Å². The Kier molecular flexibility index (Phi) is 11.9. The van der Waals surface area contributed by atoms with Gasteiger partial charge in [-0.25, -0.2) is 9.59 Å². The van der Waals surface area contributed by atoms with E-state index in [1.54, 1.807) is 50.2 Å². The van der Waals surface area contributed by atoms with Gasteiger partial charge in [0, 0.05) is 26.9 Å². The summed E-state index contributed by atoms with van der Waals surface area (Å²) < 4.78 is 23.1. The van der Waals surface area contributed by atoms with Crippen molar-refractivity contribution >= 4 is 57.3 Å². The number of carbonyl (C=O) groups excluding carboxylic acids is 2. The Morgan fingerprint density at radius 3 is 2.64 bits per heavy atom. The molecule has 11 nitrogen and oxygen atoms in total. The second kappa shape index (κ2) is 15.8. The van der Waals surface area contributed by atoms with Gasteiger partial charge in [-0.3, -0.25) is 5.43 Å². The van der Waals surface area contributed by atoms with Crippen molar-refractivity contribution in [3.05, 3.63) is 97.1 Å². The molecule has 0 saturated heterocycles. The van der Waals surface area contributed by atoms with Crippen molar-refractivity contribution in [3.8, 4) is 17.2 Å². The Morgan fingerprint density at radius 1 is 1.13 bits per heavy atom. The van der Waals surface area contributed by atoms with E-state index in [-0.39, 0.29) is 18.8 Å². The first-order valence-electron chi connectivity index (χ1n) is 13.7. The number of halogens is 3. The SMILES string of the molecule is CCOc1cc([C@@H]2NC(=O)NC(C)=C2C(=O)OC)ccc1OC[C@H](O)N/N=C/c1cc(Cl)cc(Br)c1OCc1ccccc1Cl. The van der Waals surface area contributed by atoms with Crippen LogP contribution in [0, 0.1) is 0 Å². The molecule has 0 aromatic heterocycles. The number of urea groups is 1. The highest BCUT2D eigenvalue weighted by molar-refractivity contribution is 9.10. The fourth-order valence-electron chi connectivity index (χ4n) is 4.41. The number of hydrogen-bond donors (Lipinski definition) is 4. The minimum Gasteiger partial charge on any atom is -0.490 e. The van der Waals surface area contributed by atoms with Crippen molar-refractivity contribution < 1.29 is 33.6 Å². The van der Waals surface area contributed by atoms with Gasteiger partial charge in [0.15, 0.2) is 17.7 Å². The number of hydrogen-bond acceptors (Lipinski definition) is 9. The molecule has 3 aromatic rings. The Bertz CT molecular complexity index is 1620. The van der Waals surface area contributed by atoms with Crippen LogP contribution in [-0.2, 0) is 16.1 Å². The lowest BCUT2D eigenvalue weighted by Crippen LogP contribution is -2.45. The fourth-order valence-corrected chi connectivity index (χ4v) is 5.55. The first-order chi connectivity index (χ1) is 21.6. The lowest BCUT2D eigenvalue weighted by atomic mass is 9.95. The second-order valence-corrected chi connectivity index (χ2v) is 11.3. The molecule has 3 aromatic carbocycles. The summed E-state index contributed by atoms with van der Waals surface area (Å²) in [7, 11) is 1.27. The predicted molar refractivity (Wildman–Crippen MR) is 174 cm³/mol. The molecular weight excluding hydrogens is 691 g/mol. The van der Waals surface area contributed by atoms with E-state index in [1.807, 2.05) is 18.2 Å². The fraction of sp³-hybridized carbons (Fsp3) is 0.258. The zero-order chi connectivity index (χ0) is 32.5. The van der Waals surface area contributed by atoms with Crippen LogP contribution in [0.4, 0.5) is 4.79 Å². The Balaban J connectivity index is 1.43. The maximum Gasteiger partial charge on any atom is 0.337 e. The predicted octanol–water partition coefficient (Wildman–Crippen LogP) is 5.86. The Morgan fingerprint density at radius 2 is 1.91 bits per heavy atom. The van der Waals surface area contributed by atoms with Gasteiger partial charge in [0.2, 0.25) is 0 Å². The lowest BCUT2D eigenvalue weighted by Gasteiger charge is -2.28. The van der Waals surface area contributed by atoms with Gasteiger partial charge in [0.25, 0.3) is 0 Å². The smallest absolute Gasteiger partial charge is 0.337 e. The van der Waals surface area contributed by atoms with E-state index in [2.05, 4.69) is 37.1 Å². The number of aliphatic hydroxyl groups excluding tert-OH is 1. The molecule has 4 rings (SSSR count). The molecule has 1 aliphatic rings. The summed E-state index contributed by atoms with van der Waals surface area (Å²) >= 11 is 16.0. The van der Waals surface area contributed by atoms with E-state index < -0.39 is 24.3 Å². The number of benzene rings is 3. The van der Waals surface area contributed by atoms with Crippen LogP contribution in [0.3, 0.4) is 0 Å². The molecule has 4 N–H and O–H groups in total. The van der Waals surface area contributed by atoms with E-state index in [4.69, 9.17) is 42.1 Å². The average Bonchev–Trinajstić information content (AvgIpc) is 3.00. The van der Waals surface area contributed by atoms with Gasteiger partial charge in [-0.15, -0.1) is 0 Å². The van der Waals surface area contributed by atoms with Gasteiger partial charge < -0.3 is 34.7 Å². The Hall–Kier alpha value is -3.97. The minimum absolute atomic E-state index is 0.192. The van der Waals surface area contributed by atoms with Crippen molar-refractivity contribution in [2.45, 2.75) is 32.7 Å². The average molecular weight is 722 g/mol.